The van der Waals surface area contributed by atoms with E-state index in [2.05, 4.69) is 0 Å². The van der Waals surface area contributed by atoms with Crippen molar-refractivity contribution < 1.29 is 9.90 Å². The van der Waals surface area contributed by atoms with Crippen LogP contribution >= 0.6 is 11.8 Å². The maximum Gasteiger partial charge on any atom is 0.316 e. The second kappa shape index (κ2) is 4.72. The van der Waals surface area contributed by atoms with Gasteiger partial charge in [0, 0.05) is 11.3 Å². The first-order valence-corrected chi connectivity index (χ1v) is 5.05. The van der Waals surface area contributed by atoms with Gasteiger partial charge in [-0.25, -0.2) is 0 Å². The van der Waals surface area contributed by atoms with Crippen LogP contribution in [0.25, 0.3) is 0 Å². The molecule has 0 amide bonds. The molecule has 1 atom stereocenters. The molecule has 0 aliphatic rings. The number of nitrogens with two attached hydrogens (primary N) is 1. The zero-order valence-corrected chi connectivity index (χ0v) is 8.65. The van der Waals surface area contributed by atoms with E-state index in [1.807, 2.05) is 20.8 Å². The van der Waals surface area contributed by atoms with Crippen molar-refractivity contribution in [1.29, 1.82) is 0 Å². The average Bonchev–Trinajstić information content (AvgIpc) is 1.85. The molecule has 4 heteroatoms. The van der Waals surface area contributed by atoms with E-state index in [1.165, 1.54) is 11.8 Å². The highest BCUT2D eigenvalue weighted by Crippen LogP contribution is 2.18. The van der Waals surface area contributed by atoms with Gasteiger partial charge in [0.2, 0.25) is 0 Å². The molecule has 0 fully saturated rings. The maximum atomic E-state index is 10.6. The van der Waals surface area contributed by atoms with Crippen molar-refractivity contribution >= 4 is 17.7 Å². The third-order valence-corrected chi connectivity index (χ3v) is 3.15. The topological polar surface area (TPSA) is 63.3 Å². The summed E-state index contributed by atoms with van der Waals surface area (Å²) in [7, 11) is 0. The Balaban J connectivity index is 3.81. The zero-order chi connectivity index (χ0) is 9.78. The lowest BCUT2D eigenvalue weighted by molar-refractivity contribution is -0.136. The third kappa shape index (κ3) is 5.43. The van der Waals surface area contributed by atoms with E-state index in [9.17, 15) is 4.79 Å². The second-order valence-corrected chi connectivity index (χ2v) is 4.73. The first kappa shape index (κ1) is 11.8. The Bertz CT molecular complexity index is 154. The number of carboxylic acids is 1. The van der Waals surface area contributed by atoms with Gasteiger partial charge in [0.05, 0.1) is 0 Å². The molecule has 0 aromatic heterocycles. The predicted octanol–water partition coefficient (Wildman–Crippen LogP) is 1.32. The third-order valence-electron chi connectivity index (χ3n) is 1.30. The van der Waals surface area contributed by atoms with Gasteiger partial charge in [-0.15, -0.1) is 11.8 Å². The minimum absolute atomic E-state index is 0.284. The summed E-state index contributed by atoms with van der Waals surface area (Å²) in [6.45, 7) is 5.67. The van der Waals surface area contributed by atoms with Crippen molar-refractivity contribution in [2.24, 2.45) is 5.73 Å². The fraction of sp³-hybridized carbons (Fsp3) is 0.875. The number of thioether (sulfide) groups is 1. The molecule has 0 radical (unpaired) electrons. The molecule has 12 heavy (non-hydrogen) atoms. The molecular formula is C8H17NO2S. The summed E-state index contributed by atoms with van der Waals surface area (Å²) < 4.78 is 0. The highest BCUT2D eigenvalue weighted by molar-refractivity contribution is 8.00. The Labute approximate surface area is 77.7 Å². The highest BCUT2D eigenvalue weighted by Gasteiger charge is 2.19. The summed E-state index contributed by atoms with van der Waals surface area (Å²) in [6, 6.07) is 0. The number of carbonyl (C=O) groups is 1. The van der Waals surface area contributed by atoms with Crippen LogP contribution in [0.3, 0.4) is 0 Å². The lowest BCUT2D eigenvalue weighted by Crippen LogP contribution is -2.36. The van der Waals surface area contributed by atoms with Crippen LogP contribution < -0.4 is 5.73 Å². The Morgan fingerprint density at radius 3 is 2.42 bits per heavy atom. The van der Waals surface area contributed by atoms with Gasteiger partial charge in [-0.3, -0.25) is 4.79 Å². The monoisotopic (exact) mass is 191 g/mol. The van der Waals surface area contributed by atoms with Gasteiger partial charge >= 0.3 is 5.97 Å². The molecule has 0 spiro atoms. The highest BCUT2D eigenvalue weighted by atomic mass is 32.2. The van der Waals surface area contributed by atoms with E-state index in [1.54, 1.807) is 0 Å². The van der Waals surface area contributed by atoms with Crippen LogP contribution in [0.5, 0.6) is 0 Å². The zero-order valence-electron chi connectivity index (χ0n) is 7.83. The van der Waals surface area contributed by atoms with Crippen molar-refractivity contribution in [2.45, 2.75) is 38.0 Å². The van der Waals surface area contributed by atoms with E-state index in [4.69, 9.17) is 10.8 Å². The van der Waals surface area contributed by atoms with Crippen molar-refractivity contribution in [3.05, 3.63) is 0 Å². The Morgan fingerprint density at radius 1 is 1.67 bits per heavy atom. The smallest absolute Gasteiger partial charge is 0.316 e. The fourth-order valence-electron chi connectivity index (χ4n) is 0.679. The van der Waals surface area contributed by atoms with Crippen molar-refractivity contribution in [1.82, 2.24) is 0 Å². The molecule has 0 aliphatic carbocycles. The number of rotatable bonds is 5. The molecule has 0 saturated carbocycles. The molecule has 0 aromatic rings. The van der Waals surface area contributed by atoms with Crippen molar-refractivity contribution in [3.63, 3.8) is 0 Å². The molecule has 0 bridgehead atoms. The minimum atomic E-state index is -0.744. The van der Waals surface area contributed by atoms with Gasteiger partial charge in [-0.1, -0.05) is 6.92 Å². The quantitative estimate of drug-likeness (QED) is 0.688. The Morgan fingerprint density at radius 2 is 2.17 bits per heavy atom. The summed E-state index contributed by atoms with van der Waals surface area (Å²) in [4.78, 5) is 10.6. The summed E-state index contributed by atoms with van der Waals surface area (Å²) in [6.07, 6.45) is 0.649. The van der Waals surface area contributed by atoms with Gasteiger partial charge < -0.3 is 10.8 Å². The van der Waals surface area contributed by atoms with Gasteiger partial charge in [-0.05, 0) is 20.3 Å². The van der Waals surface area contributed by atoms with E-state index >= 15 is 0 Å². The molecule has 0 aromatic carbocycles. The van der Waals surface area contributed by atoms with Gasteiger partial charge in [0.15, 0.2) is 0 Å². The summed E-state index contributed by atoms with van der Waals surface area (Å²) >= 11 is 1.41. The SMILES string of the molecule is CCC(SCC(C)(C)N)C(=O)O. The molecule has 3 N–H and O–H groups in total. The van der Waals surface area contributed by atoms with Crippen molar-refractivity contribution in [3.8, 4) is 0 Å². The predicted molar refractivity (Wildman–Crippen MR) is 52.4 cm³/mol. The van der Waals surface area contributed by atoms with Crippen LogP contribution in [0.4, 0.5) is 0 Å². The minimum Gasteiger partial charge on any atom is -0.480 e. The van der Waals surface area contributed by atoms with Crippen LogP contribution in [0.15, 0.2) is 0 Å². The molecular weight excluding hydrogens is 174 g/mol. The maximum absolute atomic E-state index is 10.6. The summed E-state index contributed by atoms with van der Waals surface area (Å²) in [5.74, 6) is -0.0654. The first-order chi connectivity index (χ1) is 5.37. The summed E-state index contributed by atoms with van der Waals surface area (Å²) in [5.41, 5.74) is 5.44. The molecule has 0 rings (SSSR count). The molecule has 1 unspecified atom stereocenters. The van der Waals surface area contributed by atoms with Gasteiger partial charge in [-0.2, -0.15) is 0 Å². The van der Waals surface area contributed by atoms with Crippen LogP contribution in [-0.2, 0) is 4.79 Å². The second-order valence-electron chi connectivity index (χ2n) is 3.53. The van der Waals surface area contributed by atoms with Crippen LogP contribution in [0.1, 0.15) is 27.2 Å². The molecule has 0 saturated heterocycles. The lowest BCUT2D eigenvalue weighted by atomic mass is 10.1. The molecule has 72 valence electrons. The molecule has 0 aliphatic heterocycles. The first-order valence-electron chi connectivity index (χ1n) is 4.00. The van der Waals surface area contributed by atoms with E-state index in [-0.39, 0.29) is 10.8 Å². The normalized spacial score (nSPS) is 14.3. The van der Waals surface area contributed by atoms with E-state index in [0.29, 0.717) is 12.2 Å². The van der Waals surface area contributed by atoms with E-state index < -0.39 is 5.97 Å². The average molecular weight is 191 g/mol. The molecule has 0 heterocycles. The van der Waals surface area contributed by atoms with Crippen LogP contribution in [-0.4, -0.2) is 27.6 Å². The largest absolute Gasteiger partial charge is 0.480 e. The molecule has 3 nitrogen and oxygen atoms in total. The fourth-order valence-corrected chi connectivity index (χ4v) is 1.69. The van der Waals surface area contributed by atoms with E-state index in [0.717, 1.165) is 0 Å². The van der Waals surface area contributed by atoms with Crippen molar-refractivity contribution in [2.75, 3.05) is 5.75 Å². The number of hydrogen-bond donors (Lipinski definition) is 2. The number of carboxylic acid groups (broad SMARTS) is 1. The standard InChI is InChI=1S/C8H17NO2S/c1-4-6(7(10)11)12-5-8(2,3)9/h6H,4-5,9H2,1-3H3,(H,10,11). The van der Waals surface area contributed by atoms with Gasteiger partial charge in [0.1, 0.15) is 5.25 Å². The Kier molecular flexibility index (Phi) is 4.63. The van der Waals surface area contributed by atoms with Crippen LogP contribution in [0, 0.1) is 0 Å². The lowest BCUT2D eigenvalue weighted by Gasteiger charge is -2.19. The Hall–Kier alpha value is -0.220. The van der Waals surface area contributed by atoms with Crippen LogP contribution in [0.2, 0.25) is 0 Å². The number of hydrogen-bond acceptors (Lipinski definition) is 3. The van der Waals surface area contributed by atoms with Gasteiger partial charge in [0.25, 0.3) is 0 Å². The summed E-state index contributed by atoms with van der Waals surface area (Å²) in [5, 5.41) is 8.40. The number of aliphatic carboxylic acids is 1.